The first-order chi connectivity index (χ1) is 18.9. The van der Waals surface area contributed by atoms with Gasteiger partial charge < -0.3 is 9.80 Å². The second kappa shape index (κ2) is 14.7. The molecule has 0 radical (unpaired) electrons. The molecular weight excluding hydrogens is 480 g/mol. The Bertz CT molecular complexity index is 839. The van der Waals surface area contributed by atoms with E-state index in [0.717, 1.165) is 38.9 Å². The molecule has 0 saturated carbocycles. The van der Waals surface area contributed by atoms with Gasteiger partial charge in [0.2, 0.25) is 0 Å². The van der Waals surface area contributed by atoms with Crippen LogP contribution in [0.2, 0.25) is 0 Å². The van der Waals surface area contributed by atoms with E-state index in [2.05, 4.69) is 78.1 Å². The molecule has 0 bridgehead atoms. The molecule has 0 amide bonds. The minimum Gasteiger partial charge on any atom is -0.304 e. The molecule has 0 N–H and O–H groups in total. The lowest BCUT2D eigenvalue weighted by Crippen LogP contribution is -2.49. The van der Waals surface area contributed by atoms with E-state index < -0.39 is 0 Å². The monoisotopic (exact) mass is 540 g/mol. The highest BCUT2D eigenvalue weighted by Crippen LogP contribution is 2.34. The van der Waals surface area contributed by atoms with Gasteiger partial charge in [0.05, 0.1) is 0 Å². The van der Waals surface area contributed by atoms with Crippen molar-refractivity contribution in [2.75, 3.05) is 92.6 Å². The zero-order chi connectivity index (χ0) is 27.9. The van der Waals surface area contributed by atoms with Gasteiger partial charge >= 0.3 is 0 Å². The lowest BCUT2D eigenvalue weighted by Gasteiger charge is -2.39. The third kappa shape index (κ3) is 7.64. The third-order valence-corrected chi connectivity index (χ3v) is 10.2. The van der Waals surface area contributed by atoms with Crippen molar-refractivity contribution in [2.24, 2.45) is 0 Å². The summed E-state index contributed by atoms with van der Waals surface area (Å²) in [6.45, 7) is 29.8. The van der Waals surface area contributed by atoms with Gasteiger partial charge in [-0.05, 0) is 80.1 Å². The molecule has 1 aromatic rings. The average molecular weight is 541 g/mol. The molecule has 3 aliphatic heterocycles. The summed E-state index contributed by atoms with van der Waals surface area (Å²) >= 11 is 0. The molecule has 6 heteroatoms. The van der Waals surface area contributed by atoms with Gasteiger partial charge in [-0.25, -0.2) is 0 Å². The number of likely N-dealkylation sites (N-methyl/N-ethyl adjacent to an activating group) is 2. The summed E-state index contributed by atoms with van der Waals surface area (Å²) in [7, 11) is 4.55. The normalized spacial score (nSPS) is 22.5. The molecule has 222 valence electrons. The lowest BCUT2D eigenvalue weighted by molar-refractivity contribution is 0.0959. The van der Waals surface area contributed by atoms with E-state index in [0.29, 0.717) is 6.04 Å². The minimum absolute atomic E-state index is 0.707. The predicted octanol–water partition coefficient (Wildman–Crippen LogP) is 3.78. The quantitative estimate of drug-likeness (QED) is 0.423. The van der Waals surface area contributed by atoms with E-state index >= 15 is 0 Å². The molecule has 4 rings (SSSR count). The van der Waals surface area contributed by atoms with Crippen LogP contribution in [0.5, 0.6) is 0 Å². The van der Waals surface area contributed by atoms with E-state index in [-0.39, 0.29) is 0 Å². The van der Waals surface area contributed by atoms with Crippen LogP contribution in [-0.2, 0) is 38.9 Å². The van der Waals surface area contributed by atoms with Gasteiger partial charge in [-0.3, -0.25) is 19.6 Å². The van der Waals surface area contributed by atoms with Crippen LogP contribution in [0.3, 0.4) is 0 Å². The minimum atomic E-state index is 0.707. The highest BCUT2D eigenvalue weighted by Gasteiger charge is 2.28. The molecule has 1 aromatic carbocycles. The Kier molecular flexibility index (Phi) is 11.7. The molecule has 0 spiro atoms. The van der Waals surface area contributed by atoms with Crippen LogP contribution < -0.4 is 0 Å². The van der Waals surface area contributed by atoms with Crippen LogP contribution in [-0.4, -0.2) is 128 Å². The van der Waals surface area contributed by atoms with E-state index in [1.807, 2.05) is 0 Å². The second-order valence-electron chi connectivity index (χ2n) is 12.7. The lowest BCUT2D eigenvalue weighted by atomic mass is 9.82. The highest BCUT2D eigenvalue weighted by atomic mass is 15.3. The molecule has 3 aliphatic rings. The van der Waals surface area contributed by atoms with Crippen molar-refractivity contribution in [3.8, 4) is 0 Å². The summed E-state index contributed by atoms with van der Waals surface area (Å²) in [6, 6.07) is 0.707. The molecule has 6 nitrogen and oxygen atoms in total. The summed E-state index contributed by atoms with van der Waals surface area (Å²) < 4.78 is 0. The Morgan fingerprint density at radius 1 is 0.462 bits per heavy atom. The van der Waals surface area contributed by atoms with Gasteiger partial charge in [-0.15, -0.1) is 0 Å². The molecular formula is C33H60N6. The zero-order valence-corrected chi connectivity index (χ0v) is 26.7. The molecule has 3 heterocycles. The number of rotatable bonds is 11. The van der Waals surface area contributed by atoms with Crippen LogP contribution in [0.25, 0.3) is 0 Å². The Labute approximate surface area is 241 Å². The van der Waals surface area contributed by atoms with Crippen molar-refractivity contribution in [3.63, 3.8) is 0 Å². The van der Waals surface area contributed by atoms with E-state index in [1.165, 1.54) is 85.0 Å². The number of hydrogen-bond donors (Lipinski definition) is 0. The molecule has 3 saturated heterocycles. The van der Waals surface area contributed by atoms with Crippen molar-refractivity contribution in [1.82, 2.24) is 29.4 Å². The van der Waals surface area contributed by atoms with E-state index in [4.69, 9.17) is 0 Å². The van der Waals surface area contributed by atoms with Crippen LogP contribution >= 0.6 is 0 Å². The second-order valence-corrected chi connectivity index (χ2v) is 12.7. The van der Waals surface area contributed by atoms with Gasteiger partial charge in [0, 0.05) is 104 Å². The predicted molar refractivity (Wildman–Crippen MR) is 167 cm³/mol. The summed E-state index contributed by atoms with van der Waals surface area (Å²) in [5, 5.41) is 0. The third-order valence-electron chi connectivity index (χ3n) is 10.2. The summed E-state index contributed by atoms with van der Waals surface area (Å²) in [5.41, 5.74) is 10.1. The number of benzene rings is 1. The van der Waals surface area contributed by atoms with Crippen molar-refractivity contribution in [2.45, 2.75) is 86.0 Å². The first-order valence-electron chi connectivity index (χ1n) is 16.3. The van der Waals surface area contributed by atoms with Gasteiger partial charge in [0.15, 0.2) is 0 Å². The fourth-order valence-corrected chi connectivity index (χ4v) is 7.25. The van der Waals surface area contributed by atoms with Crippen molar-refractivity contribution < 1.29 is 0 Å². The van der Waals surface area contributed by atoms with Gasteiger partial charge in [0.25, 0.3) is 0 Å². The Morgan fingerprint density at radius 3 is 1.05 bits per heavy atom. The van der Waals surface area contributed by atoms with Crippen molar-refractivity contribution >= 4 is 0 Å². The fourth-order valence-electron chi connectivity index (χ4n) is 7.25. The maximum Gasteiger partial charge on any atom is 0.0240 e. The topological polar surface area (TPSA) is 19.4 Å². The van der Waals surface area contributed by atoms with E-state index in [9.17, 15) is 0 Å². The zero-order valence-electron chi connectivity index (χ0n) is 26.7. The molecule has 0 aromatic heterocycles. The molecule has 1 unspecified atom stereocenters. The van der Waals surface area contributed by atoms with Crippen LogP contribution in [0.4, 0.5) is 0 Å². The first kappa shape index (κ1) is 30.9. The number of nitrogens with zero attached hydrogens (tertiary/aromatic N) is 6. The molecule has 39 heavy (non-hydrogen) atoms. The maximum absolute atomic E-state index is 2.78. The Hall–Kier alpha value is -1.02. The van der Waals surface area contributed by atoms with Crippen LogP contribution in [0.15, 0.2) is 0 Å². The number of piperazine rings is 3. The summed E-state index contributed by atoms with van der Waals surface area (Å²) in [4.78, 5) is 15.9. The highest BCUT2D eigenvalue weighted by molar-refractivity contribution is 5.52. The van der Waals surface area contributed by atoms with Crippen LogP contribution in [0.1, 0.15) is 74.4 Å². The smallest absolute Gasteiger partial charge is 0.0240 e. The van der Waals surface area contributed by atoms with Crippen molar-refractivity contribution in [1.29, 1.82) is 0 Å². The molecule has 1 atom stereocenters. The fraction of sp³-hybridized carbons (Fsp3) is 0.818. The van der Waals surface area contributed by atoms with Gasteiger partial charge in [0.1, 0.15) is 0 Å². The van der Waals surface area contributed by atoms with Gasteiger partial charge in [-0.1, -0.05) is 27.7 Å². The first-order valence-corrected chi connectivity index (χ1v) is 16.3. The number of hydrogen-bond acceptors (Lipinski definition) is 6. The average Bonchev–Trinajstić information content (AvgIpc) is 2.95. The van der Waals surface area contributed by atoms with E-state index in [1.54, 1.807) is 33.4 Å². The van der Waals surface area contributed by atoms with Crippen LogP contribution in [0, 0.1) is 0 Å². The van der Waals surface area contributed by atoms with Gasteiger partial charge in [-0.2, -0.15) is 0 Å². The standard InChI is InChI=1S/C33H60N6/c1-8-27(5)39-22-20-38(21-23-39)26-33-29(10-3)31(24-36-16-12-34(6)13-17-36)28(9-2)32(30(33)11-4)25-37-18-14-35(7)15-19-37/h27H,8-26H2,1-7H3. The maximum atomic E-state index is 2.78. The van der Waals surface area contributed by atoms with Crippen molar-refractivity contribution in [3.05, 3.63) is 33.4 Å². The SMILES string of the molecule is CCc1c(CN2CCN(C)CC2)c(CC)c(CN2CCN(C(C)CC)CC2)c(CC)c1CN1CCN(C)CC1. The Morgan fingerprint density at radius 2 is 0.769 bits per heavy atom. The summed E-state index contributed by atoms with van der Waals surface area (Å²) in [6.07, 6.45) is 4.71. The largest absolute Gasteiger partial charge is 0.304 e. The molecule has 0 aliphatic carbocycles. The molecule has 3 fully saturated rings. The Balaban J connectivity index is 1.69. The summed E-state index contributed by atoms with van der Waals surface area (Å²) in [5.74, 6) is 0.